The molecule has 0 aromatic rings. The van der Waals surface area contributed by atoms with Crippen LogP contribution in [0, 0.1) is 0 Å². The van der Waals surface area contributed by atoms with E-state index in [2.05, 4.69) is 43.5 Å². The fourth-order valence-electron chi connectivity index (χ4n) is 11.6. The molecule has 0 spiro atoms. The van der Waals surface area contributed by atoms with Crippen LogP contribution in [0.5, 0.6) is 0 Å². The van der Waals surface area contributed by atoms with Crippen LogP contribution >= 0.6 is 0 Å². The molecule has 0 fully saturated rings. The number of hydrogen-bond donors (Lipinski definition) is 3. The van der Waals surface area contributed by atoms with E-state index in [1.165, 1.54) is 334 Å². The van der Waals surface area contributed by atoms with Crippen LogP contribution in [0.2, 0.25) is 0 Å². The van der Waals surface area contributed by atoms with Gasteiger partial charge in [-0.1, -0.05) is 353 Å². The summed E-state index contributed by atoms with van der Waals surface area (Å²) in [5.41, 5.74) is 0. The van der Waals surface area contributed by atoms with Crippen LogP contribution in [0.15, 0.2) is 24.3 Å². The Morgan fingerprint density at radius 3 is 0.925 bits per heavy atom. The van der Waals surface area contributed by atoms with Gasteiger partial charge in [0, 0.05) is 12.8 Å². The number of rotatable bonds is 69. The molecule has 1 amide bonds. The summed E-state index contributed by atoms with van der Waals surface area (Å²) in [6.45, 7) is 4.95. The van der Waals surface area contributed by atoms with E-state index in [-0.39, 0.29) is 18.5 Å². The second-order valence-corrected chi connectivity index (χ2v) is 25.3. The molecule has 2 unspecified atom stereocenters. The third-order valence-corrected chi connectivity index (χ3v) is 17.2. The van der Waals surface area contributed by atoms with Gasteiger partial charge in [0.25, 0.3) is 0 Å². The van der Waals surface area contributed by atoms with E-state index >= 15 is 0 Å². The van der Waals surface area contributed by atoms with Gasteiger partial charge in [-0.2, -0.15) is 0 Å². The standard InChI is InChI=1S/C74H143NO5/c1-3-5-7-9-11-13-15-16-17-18-34-37-40-43-47-50-54-58-62-66-72(77)71(70-76)75-73(78)67-63-59-55-51-48-44-41-38-35-32-30-28-26-24-22-20-19-21-23-25-27-29-31-33-36-39-42-45-49-53-57-61-65-69-80-74(79)68-64-60-56-52-46-14-12-10-8-6-4-2/h10,12,23,25,71-72,76-77H,3-9,11,13-22,24,26-70H2,1-2H3,(H,75,78)/b12-10-,25-23-. The minimum Gasteiger partial charge on any atom is -0.466 e. The molecule has 0 aromatic carbocycles. The van der Waals surface area contributed by atoms with E-state index in [0.29, 0.717) is 25.9 Å². The Morgan fingerprint density at radius 1 is 0.338 bits per heavy atom. The van der Waals surface area contributed by atoms with Crippen molar-refractivity contribution in [2.45, 2.75) is 424 Å². The molecule has 0 rings (SSSR count). The first-order chi connectivity index (χ1) is 39.5. The Hall–Kier alpha value is -1.66. The normalized spacial score (nSPS) is 12.6. The summed E-state index contributed by atoms with van der Waals surface area (Å²) in [7, 11) is 0. The van der Waals surface area contributed by atoms with Crippen molar-refractivity contribution < 1.29 is 24.5 Å². The highest BCUT2D eigenvalue weighted by Gasteiger charge is 2.20. The predicted molar refractivity (Wildman–Crippen MR) is 352 cm³/mol. The quantitative estimate of drug-likeness (QED) is 0.0320. The minimum atomic E-state index is -0.662. The molecule has 0 heterocycles. The monoisotopic (exact) mass is 1130 g/mol. The highest BCUT2D eigenvalue weighted by atomic mass is 16.5. The van der Waals surface area contributed by atoms with Crippen molar-refractivity contribution in [3.63, 3.8) is 0 Å². The summed E-state index contributed by atoms with van der Waals surface area (Å²) in [6, 6.07) is -0.539. The molecule has 0 saturated heterocycles. The fourth-order valence-corrected chi connectivity index (χ4v) is 11.6. The molecule has 6 nitrogen and oxygen atoms in total. The predicted octanol–water partition coefficient (Wildman–Crippen LogP) is 23.7. The first kappa shape index (κ1) is 78.3. The Labute approximate surface area is 501 Å². The molecule has 474 valence electrons. The molecule has 0 bridgehead atoms. The van der Waals surface area contributed by atoms with Crippen LogP contribution in [-0.4, -0.2) is 47.4 Å². The van der Waals surface area contributed by atoms with Gasteiger partial charge in [-0.05, 0) is 70.6 Å². The summed E-state index contributed by atoms with van der Waals surface area (Å²) >= 11 is 0. The number of nitrogens with one attached hydrogen (secondary N) is 1. The van der Waals surface area contributed by atoms with Gasteiger partial charge in [0.1, 0.15) is 0 Å². The zero-order valence-electron chi connectivity index (χ0n) is 54.3. The van der Waals surface area contributed by atoms with Gasteiger partial charge in [-0.15, -0.1) is 0 Å². The smallest absolute Gasteiger partial charge is 0.305 e. The topological polar surface area (TPSA) is 95.9 Å². The molecule has 80 heavy (non-hydrogen) atoms. The van der Waals surface area contributed by atoms with Crippen molar-refractivity contribution in [1.82, 2.24) is 5.32 Å². The molecule has 3 N–H and O–H groups in total. The molecule has 2 atom stereocenters. The summed E-state index contributed by atoms with van der Waals surface area (Å²) in [5.74, 6) is -0.0193. The van der Waals surface area contributed by atoms with Crippen molar-refractivity contribution in [1.29, 1.82) is 0 Å². The minimum absolute atomic E-state index is 0.00814. The van der Waals surface area contributed by atoms with E-state index in [1.807, 2.05) is 0 Å². The van der Waals surface area contributed by atoms with Crippen LogP contribution in [0.25, 0.3) is 0 Å². The van der Waals surface area contributed by atoms with Crippen molar-refractivity contribution >= 4 is 11.9 Å². The lowest BCUT2D eigenvalue weighted by Gasteiger charge is -2.22. The second kappa shape index (κ2) is 69.8. The Morgan fingerprint density at radius 2 is 0.600 bits per heavy atom. The third kappa shape index (κ3) is 65.5. The van der Waals surface area contributed by atoms with Gasteiger partial charge in [0.05, 0.1) is 25.4 Å². The number of carbonyl (C=O) groups excluding carboxylic acids is 2. The fraction of sp³-hybridized carbons (Fsp3) is 0.919. The van der Waals surface area contributed by atoms with Gasteiger partial charge in [-0.25, -0.2) is 0 Å². The number of allylic oxidation sites excluding steroid dienone is 4. The summed E-state index contributed by atoms with van der Waals surface area (Å²) in [6.07, 6.45) is 88.2. The Balaban J connectivity index is 3.35. The highest BCUT2D eigenvalue weighted by Crippen LogP contribution is 2.19. The Bertz CT molecular complexity index is 1250. The molecule has 0 aromatic heterocycles. The number of aliphatic hydroxyl groups is 2. The lowest BCUT2D eigenvalue weighted by Crippen LogP contribution is -2.45. The molecule has 0 saturated carbocycles. The number of carbonyl (C=O) groups is 2. The van der Waals surface area contributed by atoms with Crippen molar-refractivity contribution in [2.75, 3.05) is 13.2 Å². The van der Waals surface area contributed by atoms with Gasteiger partial charge >= 0.3 is 5.97 Å². The SMILES string of the molecule is CCCC/C=C\CCCCCCCC(=O)OCCCCCCCCCCCCCC/C=C\CCCCCCCCCCCCCCCCCCCC(=O)NC(CO)C(O)CCCCCCCCCCCCCCCCCCCCC. The first-order valence-corrected chi connectivity index (χ1v) is 36.6. The van der Waals surface area contributed by atoms with Gasteiger partial charge in [0.2, 0.25) is 5.91 Å². The number of esters is 1. The second-order valence-electron chi connectivity index (χ2n) is 25.3. The maximum absolute atomic E-state index is 12.5. The average Bonchev–Trinajstić information content (AvgIpc) is 3.46. The lowest BCUT2D eigenvalue weighted by atomic mass is 10.0. The number of hydrogen-bond acceptors (Lipinski definition) is 5. The Kier molecular flexibility index (Phi) is 68.4. The summed E-state index contributed by atoms with van der Waals surface area (Å²) in [5, 5.41) is 23.4. The van der Waals surface area contributed by atoms with E-state index in [1.54, 1.807) is 0 Å². The maximum atomic E-state index is 12.5. The van der Waals surface area contributed by atoms with Crippen LogP contribution in [0.4, 0.5) is 0 Å². The lowest BCUT2D eigenvalue weighted by molar-refractivity contribution is -0.143. The molecular formula is C74H143NO5. The molecule has 0 aliphatic heterocycles. The largest absolute Gasteiger partial charge is 0.466 e. The molecule has 6 heteroatoms. The van der Waals surface area contributed by atoms with Crippen LogP contribution in [0.3, 0.4) is 0 Å². The first-order valence-electron chi connectivity index (χ1n) is 36.6. The molecule has 0 radical (unpaired) electrons. The number of aliphatic hydroxyl groups excluding tert-OH is 2. The van der Waals surface area contributed by atoms with E-state index < -0.39 is 12.1 Å². The van der Waals surface area contributed by atoms with E-state index in [9.17, 15) is 19.8 Å². The van der Waals surface area contributed by atoms with Crippen molar-refractivity contribution in [3.8, 4) is 0 Å². The zero-order chi connectivity index (χ0) is 57.8. The van der Waals surface area contributed by atoms with Gasteiger partial charge in [0.15, 0.2) is 0 Å². The van der Waals surface area contributed by atoms with Gasteiger partial charge in [-0.3, -0.25) is 9.59 Å². The summed E-state index contributed by atoms with van der Waals surface area (Å²) < 4.78 is 5.47. The van der Waals surface area contributed by atoms with Crippen molar-refractivity contribution in [2.24, 2.45) is 0 Å². The van der Waals surface area contributed by atoms with Gasteiger partial charge < -0.3 is 20.3 Å². The van der Waals surface area contributed by atoms with E-state index in [4.69, 9.17) is 4.74 Å². The number of unbranched alkanes of at least 4 members (excludes halogenated alkanes) is 54. The molecule has 0 aliphatic rings. The zero-order valence-corrected chi connectivity index (χ0v) is 54.3. The average molecular weight is 1130 g/mol. The molecule has 0 aliphatic carbocycles. The van der Waals surface area contributed by atoms with Crippen LogP contribution in [0.1, 0.15) is 412 Å². The third-order valence-electron chi connectivity index (χ3n) is 17.2. The maximum Gasteiger partial charge on any atom is 0.305 e. The number of ether oxygens (including phenoxy) is 1. The highest BCUT2D eigenvalue weighted by molar-refractivity contribution is 5.76. The number of amides is 1. The van der Waals surface area contributed by atoms with E-state index in [0.717, 1.165) is 44.9 Å². The van der Waals surface area contributed by atoms with Crippen molar-refractivity contribution in [3.05, 3.63) is 24.3 Å². The van der Waals surface area contributed by atoms with Crippen LogP contribution in [-0.2, 0) is 14.3 Å². The van der Waals surface area contributed by atoms with Crippen LogP contribution < -0.4 is 5.32 Å². The molecular weight excluding hydrogens is 983 g/mol. The summed E-state index contributed by atoms with van der Waals surface area (Å²) in [4.78, 5) is 24.5.